The number of para-hydroxylation sites is 1. The Hall–Kier alpha value is -1.51. The second kappa shape index (κ2) is 3.51. The molecule has 2 rings (SSSR count). The fourth-order valence-electron chi connectivity index (χ4n) is 2.18. The molecule has 0 saturated carbocycles. The van der Waals surface area contributed by atoms with Gasteiger partial charge < -0.3 is 10.4 Å². The number of anilines is 1. The SMILES string of the molecule is CC1CNc2c1cccc2C(C)(C)C(=O)O. The van der Waals surface area contributed by atoms with Crippen LogP contribution < -0.4 is 5.32 Å². The molecule has 0 fully saturated rings. The van der Waals surface area contributed by atoms with E-state index in [1.807, 2.05) is 12.1 Å². The van der Waals surface area contributed by atoms with Crippen LogP contribution in [0.4, 0.5) is 5.69 Å². The zero-order chi connectivity index (χ0) is 11.9. The van der Waals surface area contributed by atoms with Gasteiger partial charge >= 0.3 is 5.97 Å². The van der Waals surface area contributed by atoms with E-state index in [-0.39, 0.29) is 0 Å². The van der Waals surface area contributed by atoms with Crippen molar-refractivity contribution in [3.63, 3.8) is 0 Å². The summed E-state index contributed by atoms with van der Waals surface area (Å²) in [6, 6.07) is 5.92. The van der Waals surface area contributed by atoms with Gasteiger partial charge in [0, 0.05) is 18.2 Å². The van der Waals surface area contributed by atoms with E-state index in [1.54, 1.807) is 13.8 Å². The van der Waals surface area contributed by atoms with Crippen molar-refractivity contribution in [2.75, 3.05) is 11.9 Å². The Morgan fingerprint density at radius 3 is 2.81 bits per heavy atom. The molecule has 16 heavy (non-hydrogen) atoms. The van der Waals surface area contributed by atoms with Crippen molar-refractivity contribution in [1.29, 1.82) is 0 Å². The monoisotopic (exact) mass is 219 g/mol. The van der Waals surface area contributed by atoms with Crippen molar-refractivity contribution in [3.05, 3.63) is 29.3 Å². The standard InChI is InChI=1S/C13H17NO2/c1-8-7-14-11-9(8)5-4-6-10(11)13(2,3)12(15)16/h4-6,8,14H,7H2,1-3H3,(H,15,16). The van der Waals surface area contributed by atoms with Gasteiger partial charge in [-0.3, -0.25) is 4.79 Å². The molecule has 3 heteroatoms. The number of carboxylic acid groups (broad SMARTS) is 1. The van der Waals surface area contributed by atoms with Crippen molar-refractivity contribution in [2.24, 2.45) is 0 Å². The number of aliphatic carboxylic acids is 1. The van der Waals surface area contributed by atoms with Crippen molar-refractivity contribution >= 4 is 11.7 Å². The molecular formula is C13H17NO2. The van der Waals surface area contributed by atoms with Crippen LogP contribution in [-0.4, -0.2) is 17.6 Å². The normalized spacial score (nSPS) is 19.1. The minimum Gasteiger partial charge on any atom is -0.481 e. The molecule has 0 radical (unpaired) electrons. The number of carbonyl (C=O) groups is 1. The minimum absolute atomic E-state index is 0.458. The molecule has 0 bridgehead atoms. The summed E-state index contributed by atoms with van der Waals surface area (Å²) < 4.78 is 0. The Bertz CT molecular complexity index is 438. The second-order valence-corrected chi connectivity index (χ2v) is 4.98. The summed E-state index contributed by atoms with van der Waals surface area (Å²) in [6.45, 7) is 6.53. The van der Waals surface area contributed by atoms with Crippen LogP contribution in [0, 0.1) is 0 Å². The smallest absolute Gasteiger partial charge is 0.313 e. The molecule has 1 aromatic rings. The Morgan fingerprint density at radius 1 is 1.50 bits per heavy atom. The van der Waals surface area contributed by atoms with Crippen LogP contribution in [-0.2, 0) is 10.2 Å². The molecule has 1 unspecified atom stereocenters. The number of hydrogen-bond acceptors (Lipinski definition) is 2. The summed E-state index contributed by atoms with van der Waals surface area (Å²) in [5.41, 5.74) is 2.28. The number of carboxylic acids is 1. The summed E-state index contributed by atoms with van der Waals surface area (Å²) in [5.74, 6) is -0.332. The Labute approximate surface area is 95.5 Å². The number of hydrogen-bond donors (Lipinski definition) is 2. The molecule has 1 aliphatic rings. The van der Waals surface area contributed by atoms with Crippen LogP contribution in [0.2, 0.25) is 0 Å². The Morgan fingerprint density at radius 2 is 2.19 bits per heavy atom. The van der Waals surface area contributed by atoms with Gasteiger partial charge in [0.2, 0.25) is 0 Å². The van der Waals surface area contributed by atoms with Crippen molar-refractivity contribution < 1.29 is 9.90 Å². The zero-order valence-electron chi connectivity index (χ0n) is 9.87. The first-order chi connectivity index (χ1) is 7.44. The van der Waals surface area contributed by atoms with Gasteiger partial charge in [-0.15, -0.1) is 0 Å². The number of benzene rings is 1. The quantitative estimate of drug-likeness (QED) is 0.803. The number of nitrogens with one attached hydrogen (secondary N) is 1. The molecule has 1 heterocycles. The second-order valence-electron chi connectivity index (χ2n) is 4.98. The maximum Gasteiger partial charge on any atom is 0.313 e. The lowest BCUT2D eigenvalue weighted by Crippen LogP contribution is -2.29. The van der Waals surface area contributed by atoms with Gasteiger partial charge in [-0.25, -0.2) is 0 Å². The van der Waals surface area contributed by atoms with Crippen molar-refractivity contribution in [2.45, 2.75) is 32.1 Å². The van der Waals surface area contributed by atoms with Gasteiger partial charge in [0.25, 0.3) is 0 Å². The Balaban J connectivity index is 2.56. The molecule has 0 saturated heterocycles. The first-order valence-electron chi connectivity index (χ1n) is 5.55. The van der Waals surface area contributed by atoms with E-state index in [0.29, 0.717) is 5.92 Å². The highest BCUT2D eigenvalue weighted by molar-refractivity contribution is 5.84. The molecule has 86 valence electrons. The molecule has 2 N–H and O–H groups in total. The molecule has 0 amide bonds. The summed E-state index contributed by atoms with van der Waals surface area (Å²) in [5, 5.41) is 12.6. The summed E-state index contributed by atoms with van der Waals surface area (Å²) >= 11 is 0. The lowest BCUT2D eigenvalue weighted by Gasteiger charge is -2.23. The molecule has 1 aliphatic heterocycles. The highest BCUT2D eigenvalue weighted by atomic mass is 16.4. The van der Waals surface area contributed by atoms with Crippen molar-refractivity contribution in [1.82, 2.24) is 0 Å². The fourth-order valence-corrected chi connectivity index (χ4v) is 2.18. The van der Waals surface area contributed by atoms with Crippen LogP contribution in [0.3, 0.4) is 0 Å². The average Bonchev–Trinajstić information content (AvgIpc) is 2.60. The van der Waals surface area contributed by atoms with E-state index in [4.69, 9.17) is 0 Å². The summed E-state index contributed by atoms with van der Waals surface area (Å²) in [4.78, 5) is 11.3. The molecule has 1 aromatic carbocycles. The van der Waals surface area contributed by atoms with E-state index in [0.717, 1.165) is 17.8 Å². The largest absolute Gasteiger partial charge is 0.481 e. The number of fused-ring (bicyclic) bond motifs is 1. The van der Waals surface area contributed by atoms with E-state index >= 15 is 0 Å². The minimum atomic E-state index is -0.845. The fraction of sp³-hybridized carbons (Fsp3) is 0.462. The van der Waals surface area contributed by atoms with Gasteiger partial charge in [-0.1, -0.05) is 25.1 Å². The summed E-state index contributed by atoms with van der Waals surface area (Å²) in [6.07, 6.45) is 0. The Kier molecular flexibility index (Phi) is 2.41. The van der Waals surface area contributed by atoms with Crippen LogP contribution in [0.15, 0.2) is 18.2 Å². The lowest BCUT2D eigenvalue weighted by atomic mass is 9.82. The first kappa shape index (κ1) is 11.0. The van der Waals surface area contributed by atoms with E-state index in [9.17, 15) is 9.90 Å². The van der Waals surface area contributed by atoms with E-state index in [1.165, 1.54) is 5.56 Å². The van der Waals surface area contributed by atoms with Gasteiger partial charge in [0.1, 0.15) is 0 Å². The predicted molar refractivity (Wildman–Crippen MR) is 64.0 cm³/mol. The molecule has 0 aromatic heterocycles. The maximum atomic E-state index is 11.3. The van der Waals surface area contributed by atoms with Crippen molar-refractivity contribution in [3.8, 4) is 0 Å². The first-order valence-corrected chi connectivity index (χ1v) is 5.55. The average molecular weight is 219 g/mol. The molecule has 0 spiro atoms. The third kappa shape index (κ3) is 1.47. The van der Waals surface area contributed by atoms with Crippen LogP contribution >= 0.6 is 0 Å². The lowest BCUT2D eigenvalue weighted by molar-refractivity contribution is -0.142. The predicted octanol–water partition coefficient (Wildman–Crippen LogP) is 2.58. The topological polar surface area (TPSA) is 49.3 Å². The van der Waals surface area contributed by atoms with Crippen LogP contribution in [0.1, 0.15) is 37.8 Å². The molecular weight excluding hydrogens is 202 g/mol. The third-order valence-corrected chi connectivity index (χ3v) is 3.42. The van der Waals surface area contributed by atoms with E-state index < -0.39 is 11.4 Å². The van der Waals surface area contributed by atoms with E-state index in [2.05, 4.69) is 18.3 Å². The maximum absolute atomic E-state index is 11.3. The molecule has 1 atom stereocenters. The summed E-state index contributed by atoms with van der Waals surface area (Å²) in [7, 11) is 0. The van der Waals surface area contributed by atoms with Gasteiger partial charge in [0.05, 0.1) is 5.41 Å². The highest BCUT2D eigenvalue weighted by Gasteiger charge is 2.34. The van der Waals surface area contributed by atoms with Gasteiger partial charge in [0.15, 0.2) is 0 Å². The zero-order valence-corrected chi connectivity index (χ0v) is 9.87. The van der Waals surface area contributed by atoms with Crippen LogP contribution in [0.25, 0.3) is 0 Å². The number of rotatable bonds is 2. The molecule has 0 aliphatic carbocycles. The van der Waals surface area contributed by atoms with Gasteiger partial charge in [-0.05, 0) is 25.0 Å². The van der Waals surface area contributed by atoms with Gasteiger partial charge in [-0.2, -0.15) is 0 Å². The van der Waals surface area contributed by atoms with Crippen LogP contribution in [0.5, 0.6) is 0 Å². The third-order valence-electron chi connectivity index (χ3n) is 3.42. The highest BCUT2D eigenvalue weighted by Crippen LogP contribution is 2.39. The molecule has 3 nitrogen and oxygen atoms in total.